The fraction of sp³-hybridized carbons (Fsp3) is 0.500. The van der Waals surface area contributed by atoms with Crippen molar-refractivity contribution in [2.45, 2.75) is 19.0 Å². The Labute approximate surface area is 101 Å². The van der Waals surface area contributed by atoms with Gasteiger partial charge in [0.1, 0.15) is 6.17 Å². The number of anilines is 1. The molecule has 1 aliphatic rings. The SMILES string of the molecule is Nc1cccc(C(F)C2CCCS(=O)(=O)C2)c1. The van der Waals surface area contributed by atoms with Crippen LogP contribution in [0.15, 0.2) is 24.3 Å². The van der Waals surface area contributed by atoms with Crippen LogP contribution in [0.3, 0.4) is 0 Å². The zero-order valence-corrected chi connectivity index (χ0v) is 10.3. The van der Waals surface area contributed by atoms with Crippen LogP contribution in [0.2, 0.25) is 0 Å². The number of benzene rings is 1. The van der Waals surface area contributed by atoms with Crippen molar-refractivity contribution >= 4 is 15.5 Å². The van der Waals surface area contributed by atoms with Crippen LogP contribution in [0.1, 0.15) is 24.6 Å². The zero-order valence-electron chi connectivity index (χ0n) is 9.47. The van der Waals surface area contributed by atoms with Crippen molar-refractivity contribution in [1.29, 1.82) is 0 Å². The van der Waals surface area contributed by atoms with Gasteiger partial charge in [-0.2, -0.15) is 0 Å². The summed E-state index contributed by atoms with van der Waals surface area (Å²) in [7, 11) is -3.07. The number of halogens is 1. The van der Waals surface area contributed by atoms with Gasteiger partial charge in [-0.25, -0.2) is 12.8 Å². The maximum absolute atomic E-state index is 14.2. The van der Waals surface area contributed by atoms with Gasteiger partial charge in [0.05, 0.1) is 11.5 Å². The van der Waals surface area contributed by atoms with E-state index < -0.39 is 21.9 Å². The third-order valence-corrected chi connectivity index (χ3v) is 4.99. The second-order valence-corrected chi connectivity index (χ2v) is 6.82. The molecule has 2 atom stereocenters. The summed E-state index contributed by atoms with van der Waals surface area (Å²) in [5, 5.41) is 0. The molecule has 0 spiro atoms. The molecule has 1 aromatic rings. The van der Waals surface area contributed by atoms with E-state index in [0.717, 1.165) is 0 Å². The van der Waals surface area contributed by atoms with Crippen molar-refractivity contribution in [2.75, 3.05) is 17.2 Å². The second kappa shape index (κ2) is 4.64. The molecule has 0 saturated carbocycles. The largest absolute Gasteiger partial charge is 0.399 e. The summed E-state index contributed by atoms with van der Waals surface area (Å²) in [6, 6.07) is 6.61. The number of alkyl halides is 1. The molecule has 1 saturated heterocycles. The highest BCUT2D eigenvalue weighted by molar-refractivity contribution is 7.91. The average molecular weight is 257 g/mol. The standard InChI is InChI=1S/C12H16FNO2S/c13-12(9-3-1-5-11(14)7-9)10-4-2-6-17(15,16)8-10/h1,3,5,7,10,12H,2,4,6,8,14H2. The first-order valence-corrected chi connectivity index (χ1v) is 7.50. The van der Waals surface area contributed by atoms with Gasteiger partial charge in [0.25, 0.3) is 0 Å². The van der Waals surface area contributed by atoms with Crippen molar-refractivity contribution in [3.05, 3.63) is 29.8 Å². The van der Waals surface area contributed by atoms with Gasteiger partial charge in [-0.15, -0.1) is 0 Å². The molecule has 1 aliphatic heterocycles. The van der Waals surface area contributed by atoms with Crippen LogP contribution < -0.4 is 5.73 Å². The van der Waals surface area contributed by atoms with Crippen molar-refractivity contribution < 1.29 is 12.8 Å². The predicted molar refractivity (Wildman–Crippen MR) is 66.1 cm³/mol. The number of sulfone groups is 1. The van der Waals surface area contributed by atoms with E-state index in [1.54, 1.807) is 24.3 Å². The van der Waals surface area contributed by atoms with Crippen molar-refractivity contribution in [3.63, 3.8) is 0 Å². The minimum absolute atomic E-state index is 0.0526. The van der Waals surface area contributed by atoms with Gasteiger partial charge < -0.3 is 5.73 Å². The molecule has 5 heteroatoms. The summed E-state index contributed by atoms with van der Waals surface area (Å²) in [5.74, 6) is -0.300. The Balaban J connectivity index is 2.17. The molecule has 17 heavy (non-hydrogen) atoms. The topological polar surface area (TPSA) is 60.2 Å². The maximum atomic E-state index is 14.2. The minimum Gasteiger partial charge on any atom is -0.399 e. The Morgan fingerprint density at radius 1 is 1.41 bits per heavy atom. The maximum Gasteiger partial charge on any atom is 0.150 e. The Bertz CT molecular complexity index is 501. The second-order valence-electron chi connectivity index (χ2n) is 4.59. The summed E-state index contributed by atoms with van der Waals surface area (Å²) in [6.45, 7) is 0. The van der Waals surface area contributed by atoms with Gasteiger partial charge in [-0.3, -0.25) is 0 Å². The summed E-state index contributed by atoms with van der Waals surface area (Å²) in [6.07, 6.45) is -0.0705. The number of hydrogen-bond acceptors (Lipinski definition) is 3. The van der Waals surface area contributed by atoms with Crippen LogP contribution in [0, 0.1) is 5.92 Å². The molecule has 0 aliphatic carbocycles. The van der Waals surface area contributed by atoms with Gasteiger partial charge in [0, 0.05) is 11.6 Å². The molecule has 1 aromatic carbocycles. The molecular weight excluding hydrogens is 241 g/mol. The van der Waals surface area contributed by atoms with E-state index in [4.69, 9.17) is 5.73 Å². The van der Waals surface area contributed by atoms with Crippen molar-refractivity contribution in [2.24, 2.45) is 5.92 Å². The molecule has 3 nitrogen and oxygen atoms in total. The lowest BCUT2D eigenvalue weighted by Crippen LogP contribution is -2.28. The van der Waals surface area contributed by atoms with E-state index in [1.165, 1.54) is 0 Å². The summed E-state index contributed by atoms with van der Waals surface area (Å²) >= 11 is 0. The average Bonchev–Trinajstić information content (AvgIpc) is 2.26. The smallest absolute Gasteiger partial charge is 0.150 e. The predicted octanol–water partition coefficient (Wildman–Crippen LogP) is 2.10. The van der Waals surface area contributed by atoms with E-state index >= 15 is 0 Å². The Morgan fingerprint density at radius 2 is 2.18 bits per heavy atom. The molecule has 2 unspecified atom stereocenters. The molecule has 0 radical (unpaired) electrons. The van der Waals surface area contributed by atoms with E-state index in [9.17, 15) is 12.8 Å². The fourth-order valence-electron chi connectivity index (χ4n) is 2.29. The Kier molecular flexibility index (Phi) is 3.38. The van der Waals surface area contributed by atoms with Crippen molar-refractivity contribution in [3.8, 4) is 0 Å². The third kappa shape index (κ3) is 2.97. The van der Waals surface area contributed by atoms with Gasteiger partial charge in [0.2, 0.25) is 0 Å². The van der Waals surface area contributed by atoms with Crippen LogP contribution >= 0.6 is 0 Å². The van der Waals surface area contributed by atoms with Crippen LogP contribution in [0.5, 0.6) is 0 Å². The van der Waals surface area contributed by atoms with Crippen molar-refractivity contribution in [1.82, 2.24) is 0 Å². The molecule has 2 N–H and O–H groups in total. The highest BCUT2D eigenvalue weighted by Crippen LogP contribution is 2.34. The Morgan fingerprint density at radius 3 is 2.82 bits per heavy atom. The lowest BCUT2D eigenvalue weighted by molar-refractivity contribution is 0.232. The summed E-state index contributed by atoms with van der Waals surface area (Å²) in [4.78, 5) is 0. The number of nitrogens with two attached hydrogens (primary N) is 1. The van der Waals surface area contributed by atoms with E-state index in [1.807, 2.05) is 0 Å². The lowest BCUT2D eigenvalue weighted by Gasteiger charge is -2.25. The molecule has 94 valence electrons. The van der Waals surface area contributed by atoms with Gasteiger partial charge in [-0.05, 0) is 30.5 Å². The molecule has 0 bridgehead atoms. The van der Waals surface area contributed by atoms with E-state index in [2.05, 4.69) is 0 Å². The van der Waals surface area contributed by atoms with Crippen LogP contribution in [0.4, 0.5) is 10.1 Å². The molecule has 1 heterocycles. The Hall–Kier alpha value is -1.10. The molecule has 2 rings (SSSR count). The monoisotopic (exact) mass is 257 g/mol. The molecule has 0 aromatic heterocycles. The van der Waals surface area contributed by atoms with Gasteiger partial charge in [-0.1, -0.05) is 12.1 Å². The van der Waals surface area contributed by atoms with Crippen LogP contribution in [0.25, 0.3) is 0 Å². The molecule has 1 fully saturated rings. The molecular formula is C12H16FNO2S. The van der Waals surface area contributed by atoms with Gasteiger partial charge >= 0.3 is 0 Å². The third-order valence-electron chi connectivity index (χ3n) is 3.14. The number of hydrogen-bond donors (Lipinski definition) is 1. The normalized spacial score (nSPS) is 25.4. The van der Waals surface area contributed by atoms with E-state index in [0.29, 0.717) is 24.1 Å². The fourth-order valence-corrected chi connectivity index (χ4v) is 4.05. The quantitative estimate of drug-likeness (QED) is 0.825. The number of rotatable bonds is 2. The summed E-state index contributed by atoms with van der Waals surface area (Å²) in [5.41, 5.74) is 6.58. The first kappa shape index (κ1) is 12.4. The lowest BCUT2D eigenvalue weighted by atomic mass is 9.94. The molecule has 0 amide bonds. The highest BCUT2D eigenvalue weighted by Gasteiger charge is 2.31. The summed E-state index contributed by atoms with van der Waals surface area (Å²) < 4.78 is 37.2. The first-order chi connectivity index (χ1) is 7.98. The highest BCUT2D eigenvalue weighted by atomic mass is 32.2. The minimum atomic E-state index is -3.07. The van der Waals surface area contributed by atoms with E-state index in [-0.39, 0.29) is 11.5 Å². The van der Waals surface area contributed by atoms with Gasteiger partial charge in [0.15, 0.2) is 9.84 Å². The zero-order chi connectivity index (χ0) is 12.5. The number of nitrogen functional groups attached to an aromatic ring is 1. The first-order valence-electron chi connectivity index (χ1n) is 5.68. The van der Waals surface area contributed by atoms with Crippen LogP contribution in [-0.2, 0) is 9.84 Å². The van der Waals surface area contributed by atoms with Crippen LogP contribution in [-0.4, -0.2) is 19.9 Å².